The molecule has 0 aliphatic carbocycles. The largest absolute Gasteiger partial charge is 0.489 e. The van der Waals surface area contributed by atoms with Gasteiger partial charge in [0.2, 0.25) is 5.91 Å². The number of imide groups is 1. The van der Waals surface area contributed by atoms with Gasteiger partial charge in [0.05, 0.1) is 31.2 Å². The maximum absolute atomic E-state index is 12.5. The van der Waals surface area contributed by atoms with E-state index in [1.54, 1.807) is 17.0 Å². The number of rotatable bonds is 7. The Morgan fingerprint density at radius 3 is 2.76 bits per heavy atom. The Morgan fingerprint density at radius 2 is 2.03 bits per heavy atom. The van der Waals surface area contributed by atoms with Crippen LogP contribution in [0.15, 0.2) is 18.2 Å². The Bertz CT molecular complexity index is 787. The lowest BCUT2D eigenvalue weighted by atomic mass is 10.1. The van der Waals surface area contributed by atoms with Gasteiger partial charge in [-0.25, -0.2) is 4.79 Å². The third-order valence-corrected chi connectivity index (χ3v) is 5.11. The van der Waals surface area contributed by atoms with Crippen LogP contribution >= 0.6 is 23.2 Å². The number of ether oxygens (including phenoxy) is 2. The highest BCUT2D eigenvalue weighted by Crippen LogP contribution is 2.27. The summed E-state index contributed by atoms with van der Waals surface area (Å²) in [5.74, 6) is -0.505. The number of amides is 4. The van der Waals surface area contributed by atoms with E-state index in [9.17, 15) is 19.5 Å². The summed E-state index contributed by atoms with van der Waals surface area (Å²) in [4.78, 5) is 39.4. The summed E-state index contributed by atoms with van der Waals surface area (Å²) in [5.41, 5.74) is 0. The highest BCUT2D eigenvalue weighted by Gasteiger charge is 2.40. The molecule has 2 atom stereocenters. The number of nitrogens with one attached hydrogen (secondary N) is 1. The minimum absolute atomic E-state index is 0.133. The van der Waals surface area contributed by atoms with E-state index in [0.29, 0.717) is 36.3 Å². The minimum atomic E-state index is -1.14. The average molecular weight is 446 g/mol. The van der Waals surface area contributed by atoms with Crippen molar-refractivity contribution in [2.45, 2.75) is 18.6 Å². The lowest BCUT2D eigenvalue weighted by Crippen LogP contribution is -2.44. The predicted molar refractivity (Wildman–Crippen MR) is 104 cm³/mol. The first-order chi connectivity index (χ1) is 13.8. The average Bonchev–Trinajstić information content (AvgIpc) is 2.96. The number of halogens is 2. The van der Waals surface area contributed by atoms with Crippen molar-refractivity contribution in [2.24, 2.45) is 0 Å². The fourth-order valence-corrected chi connectivity index (χ4v) is 3.38. The highest BCUT2D eigenvalue weighted by atomic mass is 35.5. The van der Waals surface area contributed by atoms with Crippen LogP contribution in [-0.2, 0) is 14.3 Å². The number of urea groups is 1. The number of carbonyl (C=O) groups is 3. The number of carbonyl (C=O) groups excluding carboxylic acids is 3. The second-order valence-corrected chi connectivity index (χ2v) is 7.53. The molecular weight excluding hydrogens is 425 g/mol. The fourth-order valence-electron chi connectivity index (χ4n) is 3.04. The Balaban J connectivity index is 1.51. The topological polar surface area (TPSA) is 108 Å². The van der Waals surface area contributed by atoms with Gasteiger partial charge in [-0.05, 0) is 12.1 Å². The zero-order valence-electron chi connectivity index (χ0n) is 15.5. The molecule has 0 unspecified atom stereocenters. The molecule has 1 aromatic rings. The molecule has 0 radical (unpaired) electrons. The summed E-state index contributed by atoms with van der Waals surface area (Å²) < 4.78 is 10.6. The van der Waals surface area contributed by atoms with Gasteiger partial charge in [0.25, 0.3) is 5.91 Å². The van der Waals surface area contributed by atoms with Crippen molar-refractivity contribution >= 4 is 41.0 Å². The molecule has 2 heterocycles. The first-order valence-electron chi connectivity index (χ1n) is 9.08. The molecule has 3 rings (SSSR count). The van der Waals surface area contributed by atoms with E-state index < -0.39 is 24.1 Å². The van der Waals surface area contributed by atoms with Crippen LogP contribution in [0.5, 0.6) is 5.75 Å². The molecule has 11 heteroatoms. The summed E-state index contributed by atoms with van der Waals surface area (Å²) in [6.45, 7) is 1.34. The van der Waals surface area contributed by atoms with Crippen molar-refractivity contribution < 1.29 is 29.0 Å². The maximum Gasteiger partial charge on any atom is 0.324 e. The maximum atomic E-state index is 12.5. The zero-order chi connectivity index (χ0) is 21.0. The number of nitrogens with zero attached hydrogens (tertiary/aromatic N) is 2. The second kappa shape index (κ2) is 9.62. The first kappa shape index (κ1) is 21.6. The summed E-state index contributed by atoms with van der Waals surface area (Å²) in [7, 11) is 0. The van der Waals surface area contributed by atoms with Crippen molar-refractivity contribution in [3.63, 3.8) is 0 Å². The van der Waals surface area contributed by atoms with Crippen LogP contribution in [0, 0.1) is 0 Å². The lowest BCUT2D eigenvalue weighted by Gasteiger charge is -2.27. The van der Waals surface area contributed by atoms with Gasteiger partial charge in [-0.2, -0.15) is 0 Å². The Morgan fingerprint density at radius 1 is 1.31 bits per heavy atom. The molecule has 9 nitrogen and oxygen atoms in total. The van der Waals surface area contributed by atoms with Gasteiger partial charge >= 0.3 is 6.03 Å². The Hall–Kier alpha value is -2.07. The van der Waals surface area contributed by atoms with Crippen molar-refractivity contribution in [1.82, 2.24) is 15.1 Å². The van der Waals surface area contributed by atoms with Crippen LogP contribution in [0.4, 0.5) is 4.79 Å². The number of hydrogen-bond acceptors (Lipinski definition) is 6. The SMILES string of the molecule is O=C(C[C@@H]1NC(=O)N(C[C@@H](O)COc2cc(Cl)ccc2Cl)C1=O)N1CCOCC1. The normalized spacial score (nSPS) is 20.6. The number of β-amino-alcohol motifs (C(OH)–C–C–N with tert-alkyl or cyclic N) is 1. The van der Waals surface area contributed by atoms with Gasteiger partial charge in [0, 0.05) is 24.2 Å². The molecule has 0 saturated carbocycles. The predicted octanol–water partition coefficient (Wildman–Crippen LogP) is 0.902. The number of benzene rings is 1. The molecule has 2 aliphatic rings. The van der Waals surface area contributed by atoms with Crippen LogP contribution in [-0.4, -0.2) is 84.4 Å². The molecule has 4 amide bonds. The Kier molecular flexibility index (Phi) is 7.18. The summed E-state index contributed by atoms with van der Waals surface area (Å²) >= 11 is 11.9. The van der Waals surface area contributed by atoms with E-state index in [-0.39, 0.29) is 31.2 Å². The molecule has 2 aliphatic heterocycles. The number of hydrogen-bond donors (Lipinski definition) is 2. The molecule has 2 fully saturated rings. The Labute approximate surface area is 177 Å². The molecule has 2 saturated heterocycles. The van der Waals surface area contributed by atoms with Crippen LogP contribution in [0.1, 0.15) is 6.42 Å². The quantitative estimate of drug-likeness (QED) is 0.603. The van der Waals surface area contributed by atoms with Crippen molar-refractivity contribution in [2.75, 3.05) is 39.5 Å². The van der Waals surface area contributed by atoms with Gasteiger partial charge in [0.1, 0.15) is 24.5 Å². The van der Waals surface area contributed by atoms with Crippen molar-refractivity contribution in [3.8, 4) is 5.75 Å². The van der Waals surface area contributed by atoms with E-state index in [1.807, 2.05) is 0 Å². The minimum Gasteiger partial charge on any atom is -0.489 e. The molecule has 2 N–H and O–H groups in total. The van der Waals surface area contributed by atoms with Gasteiger partial charge in [-0.3, -0.25) is 14.5 Å². The van der Waals surface area contributed by atoms with Crippen molar-refractivity contribution in [3.05, 3.63) is 28.2 Å². The van der Waals surface area contributed by atoms with Gasteiger partial charge < -0.3 is 24.8 Å². The summed E-state index contributed by atoms with van der Waals surface area (Å²) in [6.07, 6.45) is -1.28. The zero-order valence-corrected chi connectivity index (χ0v) is 17.0. The van der Waals surface area contributed by atoms with Gasteiger partial charge in [-0.15, -0.1) is 0 Å². The summed E-state index contributed by atoms with van der Waals surface area (Å²) in [6, 6.07) is 3.04. The standard InChI is InChI=1S/C18H21Cl2N3O6/c19-11-1-2-13(20)15(7-11)29-10-12(24)9-23-17(26)14(21-18(23)27)8-16(25)22-3-5-28-6-4-22/h1-2,7,12,14,24H,3-6,8-10H2,(H,21,27)/t12-,14+/m1/s1. The third-order valence-electron chi connectivity index (χ3n) is 4.57. The molecule has 1 aromatic carbocycles. The van der Waals surface area contributed by atoms with E-state index in [2.05, 4.69) is 5.32 Å². The van der Waals surface area contributed by atoms with E-state index in [0.717, 1.165) is 4.90 Å². The molecule has 0 aromatic heterocycles. The summed E-state index contributed by atoms with van der Waals surface area (Å²) in [5, 5.41) is 13.4. The van der Waals surface area contributed by atoms with E-state index in [4.69, 9.17) is 32.7 Å². The van der Waals surface area contributed by atoms with Crippen LogP contribution in [0.25, 0.3) is 0 Å². The smallest absolute Gasteiger partial charge is 0.324 e. The van der Waals surface area contributed by atoms with E-state index in [1.165, 1.54) is 6.07 Å². The molecule has 0 bridgehead atoms. The molecule has 29 heavy (non-hydrogen) atoms. The number of aliphatic hydroxyl groups excluding tert-OH is 1. The van der Waals surface area contributed by atoms with Crippen molar-refractivity contribution in [1.29, 1.82) is 0 Å². The van der Waals surface area contributed by atoms with Crippen LogP contribution in [0.2, 0.25) is 10.0 Å². The fraction of sp³-hybridized carbons (Fsp3) is 0.500. The van der Waals surface area contributed by atoms with Gasteiger partial charge in [-0.1, -0.05) is 23.2 Å². The second-order valence-electron chi connectivity index (χ2n) is 6.69. The van der Waals surface area contributed by atoms with E-state index >= 15 is 0 Å². The van der Waals surface area contributed by atoms with Crippen LogP contribution in [0.3, 0.4) is 0 Å². The molecule has 158 valence electrons. The first-order valence-corrected chi connectivity index (χ1v) is 9.84. The van der Waals surface area contributed by atoms with Gasteiger partial charge in [0.15, 0.2) is 0 Å². The van der Waals surface area contributed by atoms with Crippen LogP contribution < -0.4 is 10.1 Å². The third kappa shape index (κ3) is 5.51. The number of aliphatic hydroxyl groups is 1. The lowest BCUT2D eigenvalue weighted by molar-refractivity contribution is -0.138. The monoisotopic (exact) mass is 445 g/mol. The highest BCUT2D eigenvalue weighted by molar-refractivity contribution is 6.34. The molecule has 0 spiro atoms. The molecular formula is C18H21Cl2N3O6. The number of morpholine rings is 1.